The summed E-state index contributed by atoms with van der Waals surface area (Å²) in [5, 5.41) is 5.14. The first kappa shape index (κ1) is 15.3. The molecule has 6 nitrogen and oxygen atoms in total. The Kier molecular flexibility index (Phi) is 3.90. The van der Waals surface area contributed by atoms with Crippen LogP contribution in [0.3, 0.4) is 0 Å². The molecule has 3 aromatic rings. The third-order valence-electron chi connectivity index (χ3n) is 4.11. The van der Waals surface area contributed by atoms with Gasteiger partial charge in [-0.1, -0.05) is 43.7 Å². The van der Waals surface area contributed by atoms with E-state index in [9.17, 15) is 9.59 Å². The molecule has 0 aliphatic carbocycles. The smallest absolute Gasteiger partial charge is 0.281 e. The fourth-order valence-corrected chi connectivity index (χ4v) is 2.82. The molecule has 0 atom stereocenters. The van der Waals surface area contributed by atoms with Gasteiger partial charge in [0.15, 0.2) is 0 Å². The zero-order valence-electron chi connectivity index (χ0n) is 13.6. The van der Waals surface area contributed by atoms with Crippen molar-refractivity contribution in [1.82, 2.24) is 18.9 Å². The lowest BCUT2D eigenvalue weighted by Gasteiger charge is -2.07. The molecule has 0 spiro atoms. The van der Waals surface area contributed by atoms with Crippen LogP contribution in [0.25, 0.3) is 22.3 Å². The molecule has 0 saturated carbocycles. The van der Waals surface area contributed by atoms with Crippen molar-refractivity contribution in [2.24, 2.45) is 14.1 Å². The van der Waals surface area contributed by atoms with E-state index in [0.29, 0.717) is 23.3 Å². The van der Waals surface area contributed by atoms with Crippen molar-refractivity contribution in [1.29, 1.82) is 0 Å². The normalized spacial score (nSPS) is 11.3. The maximum Gasteiger partial charge on any atom is 0.332 e. The summed E-state index contributed by atoms with van der Waals surface area (Å²) in [7, 11) is 3.19. The van der Waals surface area contributed by atoms with Crippen molar-refractivity contribution in [3.05, 3.63) is 51.2 Å². The van der Waals surface area contributed by atoms with Crippen LogP contribution in [0, 0.1) is 0 Å². The second-order valence-electron chi connectivity index (χ2n) is 5.70. The number of nitrogens with zero attached hydrogens (tertiary/aromatic N) is 4. The average Bonchev–Trinajstić information content (AvgIpc) is 2.96. The number of aromatic nitrogens is 4. The number of aryl methyl sites for hydroxylation is 2. The summed E-state index contributed by atoms with van der Waals surface area (Å²) in [5.74, 6) is 0. The molecular formula is C17H20N4O2. The molecule has 6 heteroatoms. The lowest BCUT2D eigenvalue weighted by Crippen LogP contribution is -2.37. The van der Waals surface area contributed by atoms with E-state index in [1.54, 1.807) is 11.7 Å². The van der Waals surface area contributed by atoms with Crippen LogP contribution in [0.15, 0.2) is 39.9 Å². The molecule has 0 aliphatic rings. The van der Waals surface area contributed by atoms with Crippen LogP contribution in [0.4, 0.5) is 0 Å². The monoisotopic (exact) mass is 312 g/mol. The van der Waals surface area contributed by atoms with Crippen LogP contribution in [0.1, 0.15) is 19.8 Å². The minimum absolute atomic E-state index is 0.301. The minimum atomic E-state index is -0.334. The summed E-state index contributed by atoms with van der Waals surface area (Å²) >= 11 is 0. The molecule has 2 aromatic heterocycles. The predicted octanol–water partition coefficient (Wildman–Crippen LogP) is 1.90. The number of hydrogen-bond acceptors (Lipinski definition) is 3. The Hall–Kier alpha value is -2.63. The van der Waals surface area contributed by atoms with Gasteiger partial charge in [0.2, 0.25) is 0 Å². The number of fused-ring (bicyclic) bond motifs is 1. The third kappa shape index (κ3) is 2.40. The number of benzene rings is 1. The third-order valence-corrected chi connectivity index (χ3v) is 4.11. The Labute approximate surface area is 133 Å². The van der Waals surface area contributed by atoms with Crippen LogP contribution < -0.4 is 11.2 Å². The minimum Gasteiger partial charge on any atom is -0.281 e. The van der Waals surface area contributed by atoms with E-state index < -0.39 is 0 Å². The summed E-state index contributed by atoms with van der Waals surface area (Å²) in [6, 6.07) is 9.61. The molecular weight excluding hydrogens is 292 g/mol. The first-order valence-corrected chi connectivity index (χ1v) is 7.78. The zero-order chi connectivity index (χ0) is 16.6. The number of unbranched alkanes of at least 4 members (excludes halogenated alkanes) is 1. The zero-order valence-corrected chi connectivity index (χ0v) is 13.6. The second-order valence-corrected chi connectivity index (χ2v) is 5.70. The van der Waals surface area contributed by atoms with E-state index in [-0.39, 0.29) is 11.2 Å². The van der Waals surface area contributed by atoms with Crippen molar-refractivity contribution in [3.63, 3.8) is 0 Å². The summed E-state index contributed by atoms with van der Waals surface area (Å²) in [6.07, 6.45) is 1.95. The fourth-order valence-electron chi connectivity index (χ4n) is 2.82. The van der Waals surface area contributed by atoms with Gasteiger partial charge in [0.25, 0.3) is 5.56 Å². The van der Waals surface area contributed by atoms with Crippen molar-refractivity contribution in [2.75, 3.05) is 0 Å². The summed E-state index contributed by atoms with van der Waals surface area (Å²) in [6.45, 7) is 2.78. The number of rotatable bonds is 4. The standard InChI is InChI=1S/C17H20N4O2/c1-4-5-11-21-15-13(16(22)20(3)17(23)19(15)2)14(18-21)12-9-7-6-8-10-12/h6-10H,4-5,11H2,1-3H3. The molecule has 0 bridgehead atoms. The van der Waals surface area contributed by atoms with Gasteiger partial charge in [0.05, 0.1) is 0 Å². The lowest BCUT2D eigenvalue weighted by atomic mass is 10.1. The van der Waals surface area contributed by atoms with Crippen LogP contribution >= 0.6 is 0 Å². The number of hydrogen-bond donors (Lipinski definition) is 0. The van der Waals surface area contributed by atoms with Gasteiger partial charge in [0.1, 0.15) is 16.7 Å². The largest absolute Gasteiger partial charge is 0.332 e. The van der Waals surface area contributed by atoms with Gasteiger partial charge in [-0.3, -0.25) is 13.9 Å². The first-order valence-electron chi connectivity index (χ1n) is 7.78. The van der Waals surface area contributed by atoms with Gasteiger partial charge < -0.3 is 0 Å². The van der Waals surface area contributed by atoms with Crippen molar-refractivity contribution < 1.29 is 0 Å². The van der Waals surface area contributed by atoms with E-state index in [2.05, 4.69) is 12.0 Å². The molecule has 0 radical (unpaired) electrons. The Bertz CT molecular complexity index is 964. The predicted molar refractivity (Wildman–Crippen MR) is 90.6 cm³/mol. The van der Waals surface area contributed by atoms with Crippen molar-refractivity contribution >= 4 is 11.0 Å². The van der Waals surface area contributed by atoms with Crippen molar-refractivity contribution in [2.45, 2.75) is 26.3 Å². The molecule has 0 saturated heterocycles. The molecule has 0 N–H and O–H groups in total. The molecule has 0 fully saturated rings. The average molecular weight is 312 g/mol. The summed E-state index contributed by atoms with van der Waals surface area (Å²) in [4.78, 5) is 24.9. The Morgan fingerprint density at radius 2 is 1.74 bits per heavy atom. The topological polar surface area (TPSA) is 61.8 Å². The maximum absolute atomic E-state index is 12.7. The van der Waals surface area contributed by atoms with Crippen LogP contribution in [-0.4, -0.2) is 18.9 Å². The molecule has 120 valence electrons. The van der Waals surface area contributed by atoms with E-state index in [4.69, 9.17) is 0 Å². The molecule has 3 rings (SSSR count). The summed E-state index contributed by atoms with van der Waals surface area (Å²) in [5.41, 5.74) is 1.46. The highest BCUT2D eigenvalue weighted by molar-refractivity contribution is 5.90. The van der Waals surface area contributed by atoms with Crippen molar-refractivity contribution in [3.8, 4) is 11.3 Å². The first-order chi connectivity index (χ1) is 11.1. The van der Waals surface area contributed by atoms with Crippen LogP contribution in [0.5, 0.6) is 0 Å². The fraction of sp³-hybridized carbons (Fsp3) is 0.353. The highest BCUT2D eigenvalue weighted by Crippen LogP contribution is 2.24. The Morgan fingerprint density at radius 3 is 2.39 bits per heavy atom. The summed E-state index contributed by atoms with van der Waals surface area (Å²) < 4.78 is 4.43. The SMILES string of the molecule is CCCCn1nc(-c2ccccc2)c2c(=O)n(C)c(=O)n(C)c21. The van der Waals surface area contributed by atoms with Crippen LogP contribution in [-0.2, 0) is 20.6 Å². The molecule has 1 aromatic carbocycles. The van der Waals surface area contributed by atoms with E-state index >= 15 is 0 Å². The highest BCUT2D eigenvalue weighted by Gasteiger charge is 2.20. The quantitative estimate of drug-likeness (QED) is 0.739. The Balaban J connectivity index is 2.42. The van der Waals surface area contributed by atoms with Gasteiger partial charge in [-0.2, -0.15) is 5.10 Å². The molecule has 0 aliphatic heterocycles. The molecule has 2 heterocycles. The van der Waals surface area contributed by atoms with E-state index in [1.165, 1.54) is 11.6 Å². The van der Waals surface area contributed by atoms with E-state index in [1.807, 2.05) is 30.3 Å². The molecule has 0 amide bonds. The van der Waals surface area contributed by atoms with E-state index in [0.717, 1.165) is 23.0 Å². The molecule has 23 heavy (non-hydrogen) atoms. The van der Waals surface area contributed by atoms with Gasteiger partial charge in [-0.05, 0) is 6.42 Å². The van der Waals surface area contributed by atoms with Gasteiger partial charge in [-0.25, -0.2) is 9.48 Å². The van der Waals surface area contributed by atoms with Gasteiger partial charge in [0, 0.05) is 26.2 Å². The Morgan fingerprint density at radius 1 is 1.04 bits per heavy atom. The highest BCUT2D eigenvalue weighted by atomic mass is 16.2. The lowest BCUT2D eigenvalue weighted by molar-refractivity contribution is 0.571. The second kappa shape index (κ2) is 5.87. The molecule has 0 unspecified atom stereocenters. The van der Waals surface area contributed by atoms with Gasteiger partial charge in [-0.15, -0.1) is 0 Å². The maximum atomic E-state index is 12.7. The van der Waals surface area contributed by atoms with Gasteiger partial charge >= 0.3 is 5.69 Å². The van der Waals surface area contributed by atoms with Crippen LogP contribution in [0.2, 0.25) is 0 Å².